The Balaban J connectivity index is 3.34. The maximum Gasteiger partial charge on any atom is 0.388 e. The van der Waals surface area contributed by atoms with Crippen LogP contribution in [-0.2, 0) is 9.47 Å². The summed E-state index contributed by atoms with van der Waals surface area (Å²) in [7, 11) is 2.28. The van der Waals surface area contributed by atoms with E-state index in [4.69, 9.17) is 9.47 Å². The molecule has 0 aromatic carbocycles. The molecule has 0 spiro atoms. The van der Waals surface area contributed by atoms with Gasteiger partial charge in [-0.25, -0.2) is 0 Å². The molecule has 0 aliphatic carbocycles. The van der Waals surface area contributed by atoms with Crippen molar-refractivity contribution < 1.29 is 22.6 Å². The molecule has 0 bridgehead atoms. The highest BCUT2D eigenvalue weighted by molar-refractivity contribution is 6.35. The van der Waals surface area contributed by atoms with E-state index in [1.54, 1.807) is 0 Å². The molecule has 0 amide bonds. The van der Waals surface area contributed by atoms with Gasteiger partial charge in [-0.15, -0.1) is 0 Å². The number of hydrogen-bond acceptors (Lipinski definition) is 2. The number of halogens is 3. The SMILES string of the molecule is COC(C[SiH2]CCC(F)(F)F)OC. The van der Waals surface area contributed by atoms with Gasteiger partial charge in [0.05, 0.1) is 0 Å². The van der Waals surface area contributed by atoms with Crippen LogP contribution in [0.5, 0.6) is 0 Å². The number of methoxy groups -OCH3 is 2. The predicted molar refractivity (Wildman–Crippen MR) is 46.6 cm³/mol. The highest BCUT2D eigenvalue weighted by Gasteiger charge is 2.26. The lowest BCUT2D eigenvalue weighted by Crippen LogP contribution is -2.16. The van der Waals surface area contributed by atoms with Crippen LogP contribution >= 0.6 is 0 Å². The lowest BCUT2D eigenvalue weighted by molar-refractivity contribution is -0.130. The molecule has 80 valence electrons. The second-order valence-corrected chi connectivity index (χ2v) is 4.75. The Hall–Kier alpha value is -0.0731. The molecule has 0 aromatic heterocycles. The quantitative estimate of drug-likeness (QED) is 0.381. The molecule has 2 nitrogen and oxygen atoms in total. The van der Waals surface area contributed by atoms with Crippen LogP contribution in [-0.4, -0.2) is 36.2 Å². The van der Waals surface area contributed by atoms with Crippen molar-refractivity contribution in [1.29, 1.82) is 0 Å². The van der Waals surface area contributed by atoms with Gasteiger partial charge in [0.15, 0.2) is 6.29 Å². The fourth-order valence-corrected chi connectivity index (χ4v) is 2.71. The third-order valence-electron chi connectivity index (χ3n) is 1.68. The molecule has 0 aliphatic heterocycles. The third-order valence-corrected chi connectivity index (χ3v) is 3.41. The summed E-state index contributed by atoms with van der Waals surface area (Å²) in [5.74, 6) is 0. The first-order chi connectivity index (χ1) is 5.99. The van der Waals surface area contributed by atoms with E-state index in [9.17, 15) is 13.2 Å². The van der Waals surface area contributed by atoms with E-state index in [-0.39, 0.29) is 12.3 Å². The Morgan fingerprint density at radius 3 is 2.15 bits per heavy atom. The Morgan fingerprint density at radius 1 is 1.23 bits per heavy atom. The molecule has 13 heavy (non-hydrogen) atoms. The maximum absolute atomic E-state index is 11.7. The van der Waals surface area contributed by atoms with Crippen LogP contribution in [0.4, 0.5) is 13.2 Å². The zero-order valence-corrected chi connectivity index (χ0v) is 9.27. The summed E-state index contributed by atoms with van der Waals surface area (Å²) in [6.07, 6.45) is -5.00. The van der Waals surface area contributed by atoms with Crippen molar-refractivity contribution in [2.45, 2.75) is 31.0 Å². The van der Waals surface area contributed by atoms with Gasteiger partial charge in [-0.1, -0.05) is 6.04 Å². The van der Waals surface area contributed by atoms with E-state index < -0.39 is 22.1 Å². The zero-order valence-electron chi connectivity index (χ0n) is 7.86. The third kappa shape index (κ3) is 8.26. The summed E-state index contributed by atoms with van der Waals surface area (Å²) in [5.41, 5.74) is 0. The molecule has 0 unspecified atom stereocenters. The molecule has 0 rings (SSSR count). The first-order valence-electron chi connectivity index (χ1n) is 4.12. The summed E-state index contributed by atoms with van der Waals surface area (Å²) < 4.78 is 44.8. The summed E-state index contributed by atoms with van der Waals surface area (Å²) in [6, 6.07) is 0.913. The maximum atomic E-state index is 11.7. The van der Waals surface area contributed by atoms with E-state index >= 15 is 0 Å². The highest BCUT2D eigenvalue weighted by atomic mass is 28.2. The van der Waals surface area contributed by atoms with E-state index in [0.29, 0.717) is 6.04 Å². The van der Waals surface area contributed by atoms with E-state index in [0.717, 1.165) is 0 Å². The lowest BCUT2D eigenvalue weighted by Gasteiger charge is -2.12. The van der Waals surface area contributed by atoms with E-state index in [1.165, 1.54) is 14.2 Å². The normalized spacial score (nSPS) is 13.4. The van der Waals surface area contributed by atoms with Crippen LogP contribution in [0.15, 0.2) is 0 Å². The Labute approximate surface area is 78.2 Å². The fraction of sp³-hybridized carbons (Fsp3) is 1.00. The van der Waals surface area contributed by atoms with Crippen molar-refractivity contribution >= 4 is 9.52 Å². The predicted octanol–water partition coefficient (Wildman–Crippen LogP) is 1.56. The molecule has 0 atom stereocenters. The minimum absolute atomic E-state index is 0.271. The van der Waals surface area contributed by atoms with Crippen molar-refractivity contribution in [2.75, 3.05) is 14.2 Å². The van der Waals surface area contributed by atoms with Gasteiger partial charge in [0.2, 0.25) is 0 Å². The van der Waals surface area contributed by atoms with Gasteiger partial charge in [0.1, 0.15) is 0 Å². The van der Waals surface area contributed by atoms with Crippen LogP contribution < -0.4 is 0 Å². The molecule has 0 fully saturated rings. The topological polar surface area (TPSA) is 18.5 Å². The van der Waals surface area contributed by atoms with Gasteiger partial charge in [-0.05, 0) is 6.04 Å². The van der Waals surface area contributed by atoms with Crippen LogP contribution in [0.25, 0.3) is 0 Å². The molecule has 6 heteroatoms. The van der Waals surface area contributed by atoms with Gasteiger partial charge in [-0.3, -0.25) is 0 Å². The van der Waals surface area contributed by atoms with Gasteiger partial charge >= 0.3 is 6.18 Å². The molecular formula is C7H15F3O2Si. The molecule has 0 saturated carbocycles. The molecule has 0 radical (unpaired) electrons. The number of ether oxygens (including phenoxy) is 2. The van der Waals surface area contributed by atoms with Gasteiger partial charge in [0.25, 0.3) is 0 Å². The Bertz CT molecular complexity index is 125. The molecule has 0 aliphatic rings. The van der Waals surface area contributed by atoms with Crippen LogP contribution in [0, 0.1) is 0 Å². The van der Waals surface area contributed by atoms with E-state index in [2.05, 4.69) is 0 Å². The molecule has 0 heterocycles. The van der Waals surface area contributed by atoms with Crippen molar-refractivity contribution in [2.24, 2.45) is 0 Å². The summed E-state index contributed by atoms with van der Waals surface area (Å²) in [6.45, 7) is 0. The minimum Gasteiger partial charge on any atom is -0.356 e. The van der Waals surface area contributed by atoms with Crippen molar-refractivity contribution in [1.82, 2.24) is 0 Å². The summed E-state index contributed by atoms with van der Waals surface area (Å²) in [4.78, 5) is 0. The largest absolute Gasteiger partial charge is 0.388 e. The number of hydrogen-bond donors (Lipinski definition) is 0. The highest BCUT2D eigenvalue weighted by Crippen LogP contribution is 2.21. The smallest absolute Gasteiger partial charge is 0.356 e. The standard InChI is InChI=1S/C7H15F3O2Si/c1-11-6(12-2)5-13-4-3-7(8,9)10/h6H,3-5,13H2,1-2H3. The Kier molecular flexibility index (Phi) is 6.36. The number of alkyl halides is 3. The summed E-state index contributed by atoms with van der Waals surface area (Å²) >= 11 is 0. The van der Waals surface area contributed by atoms with Crippen LogP contribution in [0.2, 0.25) is 12.1 Å². The fourth-order valence-electron chi connectivity index (χ4n) is 0.968. The zero-order chi connectivity index (χ0) is 10.3. The first kappa shape index (κ1) is 12.9. The Morgan fingerprint density at radius 2 is 1.77 bits per heavy atom. The van der Waals surface area contributed by atoms with Gasteiger partial charge < -0.3 is 9.47 Å². The van der Waals surface area contributed by atoms with Crippen molar-refractivity contribution in [3.8, 4) is 0 Å². The van der Waals surface area contributed by atoms with Gasteiger partial charge in [0, 0.05) is 30.2 Å². The lowest BCUT2D eigenvalue weighted by atomic mass is 10.5. The minimum atomic E-state index is -4.01. The van der Waals surface area contributed by atoms with Gasteiger partial charge in [-0.2, -0.15) is 13.2 Å². The van der Waals surface area contributed by atoms with E-state index in [1.807, 2.05) is 0 Å². The van der Waals surface area contributed by atoms with Crippen LogP contribution in [0.1, 0.15) is 6.42 Å². The first-order valence-corrected chi connectivity index (χ1v) is 6.12. The second kappa shape index (κ2) is 6.39. The second-order valence-electron chi connectivity index (χ2n) is 2.76. The molecule has 0 N–H and O–H groups in total. The molecular weight excluding hydrogens is 201 g/mol. The monoisotopic (exact) mass is 216 g/mol. The summed E-state index contributed by atoms with van der Waals surface area (Å²) in [5, 5.41) is 0. The molecule has 0 saturated heterocycles. The van der Waals surface area contributed by atoms with Crippen LogP contribution in [0.3, 0.4) is 0 Å². The van der Waals surface area contributed by atoms with Crippen molar-refractivity contribution in [3.05, 3.63) is 0 Å². The molecule has 0 aromatic rings. The average molecular weight is 216 g/mol. The number of rotatable bonds is 6. The average Bonchev–Trinajstić information content (AvgIpc) is 2.03. The van der Waals surface area contributed by atoms with Crippen molar-refractivity contribution in [3.63, 3.8) is 0 Å².